The summed E-state index contributed by atoms with van der Waals surface area (Å²) >= 11 is 0.841. The number of aromatic carboxylic acids is 2. The van der Waals surface area contributed by atoms with Crippen LogP contribution in [0, 0.1) is 0 Å². The van der Waals surface area contributed by atoms with Crippen LogP contribution in [0.4, 0.5) is 5.69 Å². The summed E-state index contributed by atoms with van der Waals surface area (Å²) in [6.45, 7) is 9.01. The summed E-state index contributed by atoms with van der Waals surface area (Å²) in [6, 6.07) is 8.20. The van der Waals surface area contributed by atoms with E-state index in [0.29, 0.717) is 5.56 Å². The number of thiophene rings is 1. The maximum atomic E-state index is 12.3. The zero-order valence-corrected chi connectivity index (χ0v) is 23.0. The molecule has 0 spiro atoms. The maximum Gasteiger partial charge on any atom is 0.346 e. The first kappa shape index (κ1) is 24.1. The van der Waals surface area contributed by atoms with Crippen LogP contribution >= 0.6 is 11.3 Å². The maximum absolute atomic E-state index is 12.3. The topological polar surface area (TPSA) is 80.8 Å². The van der Waals surface area contributed by atoms with Crippen LogP contribution in [-0.2, 0) is 0 Å². The molecular weight excluding hydrogens is 500 g/mol. The smallest absolute Gasteiger partial charge is 0.346 e. The van der Waals surface area contributed by atoms with E-state index in [1.807, 2.05) is 0 Å². The van der Waals surface area contributed by atoms with Gasteiger partial charge in [0.1, 0.15) is 30.9 Å². The molecule has 4 aliphatic rings. The van der Waals surface area contributed by atoms with Crippen molar-refractivity contribution >= 4 is 53.5 Å². The van der Waals surface area contributed by atoms with Crippen molar-refractivity contribution in [2.45, 2.75) is 38.8 Å². The summed E-state index contributed by atoms with van der Waals surface area (Å²) in [5.74, 6) is -2.19. The second kappa shape index (κ2) is 8.95. The van der Waals surface area contributed by atoms with Crippen LogP contribution in [0.2, 0.25) is 13.1 Å². The Hall–Kier alpha value is -3.23. The minimum Gasteiger partial charge on any atom is -0.477 e. The van der Waals surface area contributed by atoms with Crippen LogP contribution in [0.3, 0.4) is 0 Å². The van der Waals surface area contributed by atoms with E-state index in [1.165, 1.54) is 47.5 Å². The van der Waals surface area contributed by atoms with Gasteiger partial charge >= 0.3 is 11.9 Å². The molecule has 2 saturated heterocycles. The molecule has 1 aliphatic carbocycles. The van der Waals surface area contributed by atoms with E-state index in [1.54, 1.807) is 6.07 Å². The van der Waals surface area contributed by atoms with Gasteiger partial charge in [-0.15, -0.1) is 11.3 Å². The van der Waals surface area contributed by atoms with E-state index in [2.05, 4.69) is 59.0 Å². The van der Waals surface area contributed by atoms with Gasteiger partial charge in [0.25, 0.3) is 0 Å². The number of anilines is 1. The van der Waals surface area contributed by atoms with Gasteiger partial charge in [-0.2, -0.15) is 0 Å². The van der Waals surface area contributed by atoms with Crippen molar-refractivity contribution in [1.29, 1.82) is 0 Å². The Morgan fingerprint density at radius 2 is 1.68 bits per heavy atom. The molecule has 0 radical (unpaired) electrons. The Kier molecular flexibility index (Phi) is 5.84. The van der Waals surface area contributed by atoms with Crippen molar-refractivity contribution in [2.24, 2.45) is 0 Å². The predicted molar refractivity (Wildman–Crippen MR) is 151 cm³/mol. The van der Waals surface area contributed by atoms with Crippen molar-refractivity contribution in [3.05, 3.63) is 74.1 Å². The molecule has 4 heterocycles. The molecule has 37 heavy (non-hydrogen) atoms. The first-order valence-electron chi connectivity index (χ1n) is 13.0. The lowest BCUT2D eigenvalue weighted by atomic mass is 9.89. The number of allylic oxidation sites excluding steroid dienone is 5. The molecule has 0 unspecified atom stereocenters. The molecule has 1 aromatic heterocycles. The molecule has 0 saturated carbocycles. The number of carboxylic acid groups (broad SMARTS) is 2. The third-order valence-electron chi connectivity index (χ3n) is 8.24. The quantitative estimate of drug-likeness (QED) is 0.439. The monoisotopic (exact) mass is 531 g/mol. The van der Waals surface area contributed by atoms with Crippen molar-refractivity contribution in [2.75, 3.05) is 31.1 Å². The van der Waals surface area contributed by atoms with Crippen LogP contribution in [0.15, 0.2) is 53.3 Å². The fraction of sp³-hybridized carbons (Fsp3) is 0.345. The van der Waals surface area contributed by atoms with E-state index in [-0.39, 0.29) is 9.75 Å². The highest BCUT2D eigenvalue weighted by Crippen LogP contribution is 2.44. The summed E-state index contributed by atoms with van der Waals surface area (Å²) in [4.78, 5) is 26.7. The average molecular weight is 532 g/mol. The fourth-order valence-electron chi connectivity index (χ4n) is 6.30. The molecule has 0 atom stereocenters. The van der Waals surface area contributed by atoms with E-state index < -0.39 is 20.0 Å². The third kappa shape index (κ3) is 3.94. The number of benzene rings is 1. The summed E-state index contributed by atoms with van der Waals surface area (Å²) in [5, 5.41) is 22.3. The molecule has 2 N–H and O–H groups in total. The lowest BCUT2D eigenvalue weighted by Crippen LogP contribution is -2.50. The summed E-state index contributed by atoms with van der Waals surface area (Å²) < 4.78 is 2.44. The normalized spacial score (nSPS) is 20.3. The van der Waals surface area contributed by atoms with E-state index >= 15 is 0 Å². The Morgan fingerprint density at radius 1 is 0.946 bits per heavy atom. The Morgan fingerprint density at radius 3 is 2.35 bits per heavy atom. The molecule has 2 fully saturated rings. The molecule has 2 aromatic rings. The van der Waals surface area contributed by atoms with Gasteiger partial charge in [0.15, 0.2) is 5.71 Å². The standard InChI is InChI=1S/C29H30N2O4SSi/c1-37(2)24-15-18(30-11-3-4-12-30)7-9-20(24)26(22-17-23(28(32)33)36-27(22)29(34)35)21-10-8-19(16-25(21)37)31-13-5-6-14-31/h7-10,15-17H,3-6,11-14H2,1-2H3,(H-,32,33,34,35)/p+1. The molecular formula is C29H31N2O4SSi+. The first-order chi connectivity index (χ1) is 17.8. The highest BCUT2D eigenvalue weighted by Gasteiger charge is 2.42. The molecule has 3 aliphatic heterocycles. The van der Waals surface area contributed by atoms with Gasteiger partial charge in [0, 0.05) is 49.3 Å². The lowest BCUT2D eigenvalue weighted by Gasteiger charge is -2.38. The highest BCUT2D eigenvalue weighted by atomic mass is 32.1. The van der Waals surface area contributed by atoms with Gasteiger partial charge in [0.05, 0.1) is 0 Å². The summed E-state index contributed by atoms with van der Waals surface area (Å²) in [7, 11) is -2.17. The van der Waals surface area contributed by atoms with Crippen LogP contribution in [-0.4, -0.2) is 66.7 Å². The molecule has 1 aromatic carbocycles. The zero-order chi connectivity index (χ0) is 25.9. The summed E-state index contributed by atoms with van der Waals surface area (Å²) in [6.07, 6.45) is 11.4. The Labute approximate surface area is 221 Å². The molecule has 6 nitrogen and oxygen atoms in total. The number of rotatable bonds is 4. The van der Waals surface area contributed by atoms with Gasteiger partial charge in [0.2, 0.25) is 0 Å². The van der Waals surface area contributed by atoms with E-state index in [9.17, 15) is 19.8 Å². The molecule has 8 heteroatoms. The zero-order valence-electron chi connectivity index (χ0n) is 21.2. The summed E-state index contributed by atoms with van der Waals surface area (Å²) in [5.41, 5.74) is 5.89. The van der Waals surface area contributed by atoms with Crippen LogP contribution in [0.5, 0.6) is 0 Å². The van der Waals surface area contributed by atoms with Gasteiger partial charge in [-0.05, 0) is 64.2 Å². The largest absolute Gasteiger partial charge is 0.477 e. The lowest BCUT2D eigenvalue weighted by molar-refractivity contribution is -0.504. The number of hydrogen-bond donors (Lipinski definition) is 2. The highest BCUT2D eigenvalue weighted by molar-refractivity contribution is 7.16. The first-order valence-corrected chi connectivity index (χ1v) is 16.8. The molecule has 0 bridgehead atoms. The molecule has 0 amide bonds. The van der Waals surface area contributed by atoms with Gasteiger partial charge in [-0.3, -0.25) is 0 Å². The van der Waals surface area contributed by atoms with Gasteiger partial charge in [-0.25, -0.2) is 14.2 Å². The van der Waals surface area contributed by atoms with Crippen molar-refractivity contribution in [3.8, 4) is 0 Å². The minimum atomic E-state index is -2.17. The van der Waals surface area contributed by atoms with E-state index in [0.717, 1.165) is 54.2 Å². The second-order valence-electron chi connectivity index (χ2n) is 10.8. The van der Waals surface area contributed by atoms with Gasteiger partial charge < -0.3 is 15.1 Å². The van der Waals surface area contributed by atoms with Crippen molar-refractivity contribution in [3.63, 3.8) is 0 Å². The van der Waals surface area contributed by atoms with Crippen molar-refractivity contribution < 1.29 is 24.4 Å². The number of carboxylic acids is 2. The number of nitrogens with zero attached hydrogens (tertiary/aromatic N) is 2. The van der Waals surface area contributed by atoms with Gasteiger partial charge in [-0.1, -0.05) is 19.2 Å². The number of fused-ring (bicyclic) bond motifs is 2. The van der Waals surface area contributed by atoms with Crippen molar-refractivity contribution in [1.82, 2.24) is 0 Å². The Bertz CT molecular complexity index is 1460. The van der Waals surface area contributed by atoms with Crippen LogP contribution < -0.4 is 10.1 Å². The SMILES string of the molecule is C[Si]1(C)C2=CC(=[N+]3CCCC3)C=CC2=C(c2cc(C(=O)O)sc2C(=O)O)c2ccc(N3CCCC3)cc21. The van der Waals surface area contributed by atoms with Crippen LogP contribution in [0.25, 0.3) is 5.57 Å². The molecule has 190 valence electrons. The van der Waals surface area contributed by atoms with E-state index in [4.69, 9.17) is 0 Å². The third-order valence-corrected chi connectivity index (χ3v) is 12.9. The molecule has 6 rings (SSSR count). The Balaban J connectivity index is 1.64. The minimum absolute atomic E-state index is 0.0486. The average Bonchev–Trinajstić information content (AvgIpc) is 3.66. The van der Waals surface area contributed by atoms with Crippen LogP contribution in [0.1, 0.15) is 56.2 Å². The fourth-order valence-corrected chi connectivity index (χ4v) is 10.2. The number of carbonyl (C=O) groups is 2. The number of hydrogen-bond acceptors (Lipinski definition) is 4. The predicted octanol–water partition coefficient (Wildman–Crippen LogP) is 4.76. The second-order valence-corrected chi connectivity index (χ2v) is 16.2.